The molecule has 5 nitrogen and oxygen atoms in total. The Morgan fingerprint density at radius 3 is 2.38 bits per heavy atom. The van der Waals surface area contributed by atoms with Crippen LogP contribution in [0.5, 0.6) is 5.75 Å². The Kier molecular flexibility index (Phi) is 6.69. The van der Waals surface area contributed by atoms with Crippen LogP contribution in [-0.4, -0.2) is 42.5 Å². The highest BCUT2D eigenvalue weighted by Gasteiger charge is 2.26. The summed E-state index contributed by atoms with van der Waals surface area (Å²) in [6.45, 7) is 3.40. The summed E-state index contributed by atoms with van der Waals surface area (Å²) in [5.41, 5.74) is 0.461. The molecule has 1 aliphatic rings. The maximum atomic E-state index is 13.4. The van der Waals surface area contributed by atoms with Crippen molar-refractivity contribution < 1.29 is 23.1 Å². The van der Waals surface area contributed by atoms with E-state index >= 15 is 0 Å². The molecule has 0 saturated carbocycles. The first kappa shape index (κ1) is 21.0. The molecule has 1 fully saturated rings. The molecular weight excluding hydrogens is 402 g/mol. The average Bonchev–Trinajstić information content (AvgIpc) is 2.71. The first-order valence-electron chi connectivity index (χ1n) is 9.36. The van der Waals surface area contributed by atoms with Gasteiger partial charge in [-0.2, -0.15) is 0 Å². The monoisotopic (exact) mass is 422 g/mol. The number of hydrogen-bond donors (Lipinski definition) is 1. The van der Waals surface area contributed by atoms with Crippen molar-refractivity contribution >= 4 is 23.4 Å². The van der Waals surface area contributed by atoms with Gasteiger partial charge in [-0.15, -0.1) is 0 Å². The minimum absolute atomic E-state index is 0.0820. The highest BCUT2D eigenvalue weighted by molar-refractivity contribution is 6.33. The van der Waals surface area contributed by atoms with Crippen LogP contribution >= 0.6 is 11.6 Å². The highest BCUT2D eigenvalue weighted by atomic mass is 35.5. The van der Waals surface area contributed by atoms with E-state index in [2.05, 4.69) is 5.32 Å². The van der Waals surface area contributed by atoms with E-state index in [0.29, 0.717) is 43.9 Å². The van der Waals surface area contributed by atoms with Crippen molar-refractivity contribution in [3.8, 4) is 5.75 Å². The van der Waals surface area contributed by atoms with Gasteiger partial charge in [0.15, 0.2) is 11.6 Å². The van der Waals surface area contributed by atoms with Crippen LogP contribution in [0.1, 0.15) is 40.5 Å². The van der Waals surface area contributed by atoms with Gasteiger partial charge in [-0.25, -0.2) is 8.78 Å². The largest absolute Gasteiger partial charge is 0.494 e. The SMILES string of the molecule is CCOc1ccc(C(=O)N2CCC(NC(=O)c3cc(F)c(F)cc3Cl)CC2)cc1. The molecule has 1 N–H and O–H groups in total. The molecule has 0 unspecified atom stereocenters. The lowest BCUT2D eigenvalue weighted by atomic mass is 10.0. The van der Waals surface area contributed by atoms with E-state index in [1.165, 1.54) is 0 Å². The molecule has 0 radical (unpaired) electrons. The van der Waals surface area contributed by atoms with E-state index in [9.17, 15) is 18.4 Å². The maximum absolute atomic E-state index is 13.4. The van der Waals surface area contributed by atoms with Crippen LogP contribution in [0.3, 0.4) is 0 Å². The number of rotatable bonds is 5. The zero-order valence-electron chi connectivity index (χ0n) is 15.9. The molecule has 0 spiro atoms. The van der Waals surface area contributed by atoms with Gasteiger partial charge in [0.25, 0.3) is 11.8 Å². The minimum Gasteiger partial charge on any atom is -0.494 e. The van der Waals surface area contributed by atoms with Crippen LogP contribution in [0, 0.1) is 11.6 Å². The van der Waals surface area contributed by atoms with Crippen LogP contribution in [0.25, 0.3) is 0 Å². The Balaban J connectivity index is 1.55. The number of benzene rings is 2. The van der Waals surface area contributed by atoms with Gasteiger partial charge in [0.1, 0.15) is 5.75 Å². The lowest BCUT2D eigenvalue weighted by Crippen LogP contribution is -2.46. The molecule has 2 aromatic rings. The molecule has 154 valence electrons. The van der Waals surface area contributed by atoms with Crippen molar-refractivity contribution in [1.29, 1.82) is 0 Å². The standard InChI is InChI=1S/C21H21ClF2N2O3/c1-2-29-15-5-3-13(4-6-15)21(28)26-9-7-14(8-10-26)25-20(27)16-11-18(23)19(24)12-17(16)22/h3-6,11-12,14H,2,7-10H2,1H3,(H,25,27). The second-order valence-electron chi connectivity index (χ2n) is 6.74. The number of piperidine rings is 1. The third kappa shape index (κ3) is 5.03. The summed E-state index contributed by atoms with van der Waals surface area (Å²) in [4.78, 5) is 26.7. The van der Waals surface area contributed by atoms with Gasteiger partial charge < -0.3 is 15.0 Å². The van der Waals surface area contributed by atoms with Crippen LogP contribution < -0.4 is 10.1 Å². The van der Waals surface area contributed by atoms with Gasteiger partial charge in [-0.05, 0) is 56.2 Å². The second-order valence-corrected chi connectivity index (χ2v) is 7.15. The Labute approximate surface area is 172 Å². The van der Waals surface area contributed by atoms with Crippen LogP contribution in [0.15, 0.2) is 36.4 Å². The fourth-order valence-electron chi connectivity index (χ4n) is 3.23. The smallest absolute Gasteiger partial charge is 0.253 e. The number of carbonyl (C=O) groups is 2. The zero-order chi connectivity index (χ0) is 21.0. The first-order valence-corrected chi connectivity index (χ1v) is 9.74. The van der Waals surface area contributed by atoms with E-state index in [1.807, 2.05) is 6.92 Å². The summed E-state index contributed by atoms with van der Waals surface area (Å²) >= 11 is 5.85. The number of hydrogen-bond acceptors (Lipinski definition) is 3. The summed E-state index contributed by atoms with van der Waals surface area (Å²) in [6.07, 6.45) is 1.10. The van der Waals surface area contributed by atoms with Gasteiger partial charge in [-0.1, -0.05) is 11.6 Å². The quantitative estimate of drug-likeness (QED) is 0.739. The normalized spacial score (nSPS) is 14.6. The fraction of sp³-hybridized carbons (Fsp3) is 0.333. The van der Waals surface area contributed by atoms with E-state index in [4.69, 9.17) is 16.3 Å². The molecule has 3 rings (SSSR count). The lowest BCUT2D eigenvalue weighted by Gasteiger charge is -2.32. The van der Waals surface area contributed by atoms with Crippen molar-refractivity contribution in [2.75, 3.05) is 19.7 Å². The molecule has 1 heterocycles. The Morgan fingerprint density at radius 2 is 1.76 bits per heavy atom. The number of nitrogens with zero attached hydrogens (tertiary/aromatic N) is 1. The predicted molar refractivity (Wildman–Crippen MR) is 105 cm³/mol. The minimum atomic E-state index is -1.13. The number of nitrogens with one attached hydrogen (secondary N) is 1. The molecular formula is C21H21ClF2N2O3. The number of ether oxygens (including phenoxy) is 1. The van der Waals surface area contributed by atoms with Crippen LogP contribution in [-0.2, 0) is 0 Å². The van der Waals surface area contributed by atoms with Crippen LogP contribution in [0.4, 0.5) is 8.78 Å². The predicted octanol–water partition coefficient (Wildman–Crippen LogP) is 4.05. The molecule has 1 saturated heterocycles. The van der Waals surface area contributed by atoms with Crippen molar-refractivity contribution in [3.05, 3.63) is 64.2 Å². The number of halogens is 3. The summed E-state index contributed by atoms with van der Waals surface area (Å²) in [6, 6.07) is 8.36. The number of likely N-dealkylation sites (tertiary alicyclic amines) is 1. The van der Waals surface area contributed by atoms with Gasteiger partial charge in [0, 0.05) is 24.7 Å². The first-order chi connectivity index (χ1) is 13.9. The van der Waals surface area contributed by atoms with Crippen molar-refractivity contribution in [2.45, 2.75) is 25.8 Å². The summed E-state index contributed by atoms with van der Waals surface area (Å²) < 4.78 is 31.9. The molecule has 2 aromatic carbocycles. The molecule has 0 atom stereocenters. The van der Waals surface area contributed by atoms with E-state index in [0.717, 1.165) is 12.1 Å². The Hall–Kier alpha value is -2.67. The molecule has 0 aliphatic carbocycles. The average molecular weight is 423 g/mol. The molecule has 1 aliphatic heterocycles. The highest BCUT2D eigenvalue weighted by Crippen LogP contribution is 2.21. The van der Waals surface area contributed by atoms with Crippen molar-refractivity contribution in [1.82, 2.24) is 10.2 Å². The lowest BCUT2D eigenvalue weighted by molar-refractivity contribution is 0.0698. The van der Waals surface area contributed by atoms with Crippen molar-refractivity contribution in [2.24, 2.45) is 0 Å². The van der Waals surface area contributed by atoms with E-state index < -0.39 is 17.5 Å². The Morgan fingerprint density at radius 1 is 1.14 bits per heavy atom. The van der Waals surface area contributed by atoms with Gasteiger partial charge in [-0.3, -0.25) is 9.59 Å². The third-order valence-corrected chi connectivity index (χ3v) is 5.10. The summed E-state index contributed by atoms with van der Waals surface area (Å²) in [7, 11) is 0. The Bertz CT molecular complexity index is 898. The zero-order valence-corrected chi connectivity index (χ0v) is 16.6. The summed E-state index contributed by atoms with van der Waals surface area (Å²) in [5, 5.41) is 2.63. The van der Waals surface area contributed by atoms with Gasteiger partial charge in [0.05, 0.1) is 17.2 Å². The fourth-order valence-corrected chi connectivity index (χ4v) is 3.47. The number of amides is 2. The maximum Gasteiger partial charge on any atom is 0.253 e. The van der Waals surface area contributed by atoms with Gasteiger partial charge in [0.2, 0.25) is 0 Å². The van der Waals surface area contributed by atoms with Crippen molar-refractivity contribution in [3.63, 3.8) is 0 Å². The third-order valence-electron chi connectivity index (χ3n) is 4.78. The van der Waals surface area contributed by atoms with E-state index in [1.54, 1.807) is 29.2 Å². The summed E-state index contributed by atoms with van der Waals surface area (Å²) in [5.74, 6) is -2.17. The van der Waals surface area contributed by atoms with Crippen LogP contribution in [0.2, 0.25) is 5.02 Å². The molecule has 29 heavy (non-hydrogen) atoms. The molecule has 8 heteroatoms. The van der Waals surface area contributed by atoms with E-state index in [-0.39, 0.29) is 22.5 Å². The number of carbonyl (C=O) groups excluding carboxylic acids is 2. The molecule has 0 bridgehead atoms. The topological polar surface area (TPSA) is 58.6 Å². The second kappa shape index (κ2) is 9.22. The van der Waals surface area contributed by atoms with Gasteiger partial charge >= 0.3 is 0 Å². The molecule has 0 aromatic heterocycles. The molecule has 2 amide bonds.